The second-order valence-corrected chi connectivity index (χ2v) is 4.74. The van der Waals surface area contributed by atoms with Gasteiger partial charge in [0.15, 0.2) is 5.82 Å². The molecule has 0 spiro atoms. The molecule has 0 saturated heterocycles. The van der Waals surface area contributed by atoms with Gasteiger partial charge < -0.3 is 10.3 Å². The second kappa shape index (κ2) is 3.57. The maximum Gasteiger partial charge on any atom is 0.213 e. The van der Waals surface area contributed by atoms with Crippen LogP contribution < -0.4 is 5.73 Å². The van der Waals surface area contributed by atoms with Crippen LogP contribution in [0.3, 0.4) is 0 Å². The molecule has 0 aliphatic rings. The smallest absolute Gasteiger partial charge is 0.213 e. The highest BCUT2D eigenvalue weighted by Crippen LogP contribution is 2.26. The van der Waals surface area contributed by atoms with Crippen LogP contribution >= 0.6 is 27.3 Å². The van der Waals surface area contributed by atoms with Gasteiger partial charge in [0.25, 0.3) is 0 Å². The minimum absolute atomic E-state index is 0.304. The number of hydrogen-bond acceptors (Lipinski definition) is 5. The summed E-state index contributed by atoms with van der Waals surface area (Å²) in [6.07, 6.45) is 1.27. The van der Waals surface area contributed by atoms with Gasteiger partial charge in [-0.3, -0.25) is 0 Å². The van der Waals surface area contributed by atoms with Crippen molar-refractivity contribution in [3.05, 3.63) is 33.0 Å². The first kappa shape index (κ1) is 8.86. The van der Waals surface area contributed by atoms with Gasteiger partial charge in [0.1, 0.15) is 0 Å². The van der Waals surface area contributed by atoms with Crippen molar-refractivity contribution in [2.45, 2.75) is 6.04 Å². The molecule has 13 heavy (non-hydrogen) atoms. The van der Waals surface area contributed by atoms with Crippen LogP contribution in [-0.2, 0) is 0 Å². The van der Waals surface area contributed by atoms with E-state index in [4.69, 9.17) is 5.73 Å². The van der Waals surface area contributed by atoms with Crippen LogP contribution in [0.4, 0.5) is 0 Å². The third-order valence-corrected chi connectivity index (χ3v) is 3.13. The van der Waals surface area contributed by atoms with Gasteiger partial charge in [0.2, 0.25) is 6.39 Å². The Kier molecular flexibility index (Phi) is 2.43. The molecule has 4 nitrogen and oxygen atoms in total. The number of nitrogens with zero attached hydrogens (tertiary/aromatic N) is 2. The Bertz CT molecular complexity index is 386. The second-order valence-electron chi connectivity index (χ2n) is 2.45. The van der Waals surface area contributed by atoms with E-state index in [0.29, 0.717) is 5.82 Å². The van der Waals surface area contributed by atoms with E-state index in [-0.39, 0.29) is 6.04 Å². The monoisotopic (exact) mass is 259 g/mol. The van der Waals surface area contributed by atoms with Crippen molar-refractivity contribution in [2.24, 2.45) is 5.73 Å². The Morgan fingerprint density at radius 1 is 1.62 bits per heavy atom. The van der Waals surface area contributed by atoms with Gasteiger partial charge in [-0.25, -0.2) is 0 Å². The van der Waals surface area contributed by atoms with E-state index < -0.39 is 0 Å². The molecule has 68 valence electrons. The van der Waals surface area contributed by atoms with E-state index in [1.54, 1.807) is 11.3 Å². The summed E-state index contributed by atoms with van der Waals surface area (Å²) in [5, 5.41) is 5.64. The van der Waals surface area contributed by atoms with Crippen LogP contribution in [0, 0.1) is 0 Å². The minimum atomic E-state index is -0.304. The van der Waals surface area contributed by atoms with Crippen molar-refractivity contribution >= 4 is 27.3 Å². The molecular weight excluding hydrogens is 254 g/mol. The van der Waals surface area contributed by atoms with Crippen molar-refractivity contribution in [2.75, 3.05) is 0 Å². The molecule has 2 heterocycles. The number of rotatable bonds is 2. The van der Waals surface area contributed by atoms with Crippen molar-refractivity contribution in [3.63, 3.8) is 0 Å². The third kappa shape index (κ3) is 1.79. The fourth-order valence-electron chi connectivity index (χ4n) is 0.951. The lowest BCUT2D eigenvalue weighted by Gasteiger charge is -2.02. The van der Waals surface area contributed by atoms with Gasteiger partial charge in [-0.05, 0) is 32.9 Å². The van der Waals surface area contributed by atoms with Gasteiger partial charge in [-0.1, -0.05) is 5.16 Å². The lowest BCUT2D eigenvalue weighted by atomic mass is 10.1. The Labute approximate surface area is 86.9 Å². The maximum absolute atomic E-state index is 5.87. The molecular formula is C7H6BrN3OS. The van der Waals surface area contributed by atoms with Crippen LogP contribution in [0.1, 0.15) is 17.4 Å². The topological polar surface area (TPSA) is 64.9 Å². The van der Waals surface area contributed by atoms with Gasteiger partial charge in [-0.15, -0.1) is 11.3 Å². The Hall–Kier alpha value is -0.720. The summed E-state index contributed by atoms with van der Waals surface area (Å²) in [6, 6.07) is 1.65. The predicted molar refractivity (Wildman–Crippen MR) is 52.3 cm³/mol. The van der Waals surface area contributed by atoms with Crippen LogP contribution in [0.25, 0.3) is 0 Å². The summed E-state index contributed by atoms with van der Waals surface area (Å²) in [4.78, 5) is 3.89. The summed E-state index contributed by atoms with van der Waals surface area (Å²) >= 11 is 4.94. The lowest BCUT2D eigenvalue weighted by Crippen LogP contribution is -2.12. The SMILES string of the molecule is NC(c1csc(Br)c1)c1ncon1. The van der Waals surface area contributed by atoms with Crippen LogP contribution in [-0.4, -0.2) is 10.1 Å². The van der Waals surface area contributed by atoms with Gasteiger partial charge >= 0.3 is 0 Å². The molecule has 0 bridgehead atoms. The standard InChI is InChI=1S/C7H6BrN3OS/c8-5-1-4(2-13-5)6(9)7-10-3-12-11-7/h1-3,6H,9H2. The minimum Gasteiger partial charge on any atom is -0.343 e. The fraction of sp³-hybridized carbons (Fsp3) is 0.143. The fourth-order valence-corrected chi connectivity index (χ4v) is 2.16. The van der Waals surface area contributed by atoms with E-state index in [9.17, 15) is 0 Å². The molecule has 2 aromatic heterocycles. The number of halogens is 1. The summed E-state index contributed by atoms with van der Waals surface area (Å²) in [5.41, 5.74) is 6.86. The highest BCUT2D eigenvalue weighted by atomic mass is 79.9. The summed E-state index contributed by atoms with van der Waals surface area (Å²) < 4.78 is 5.66. The zero-order valence-corrected chi connectivity index (χ0v) is 8.88. The molecule has 0 radical (unpaired) electrons. The van der Waals surface area contributed by atoms with Crippen molar-refractivity contribution in [1.82, 2.24) is 10.1 Å². The summed E-state index contributed by atoms with van der Waals surface area (Å²) in [7, 11) is 0. The molecule has 0 amide bonds. The molecule has 2 aromatic rings. The summed E-state index contributed by atoms with van der Waals surface area (Å²) in [6.45, 7) is 0. The molecule has 0 saturated carbocycles. The van der Waals surface area contributed by atoms with E-state index in [1.165, 1.54) is 6.39 Å². The van der Waals surface area contributed by atoms with E-state index in [0.717, 1.165) is 9.35 Å². The van der Waals surface area contributed by atoms with Gasteiger partial charge in [-0.2, -0.15) is 4.98 Å². The van der Waals surface area contributed by atoms with Gasteiger partial charge in [0.05, 0.1) is 9.83 Å². The Morgan fingerprint density at radius 3 is 3.00 bits per heavy atom. The average Bonchev–Trinajstić information content (AvgIpc) is 2.72. The number of thiophene rings is 1. The lowest BCUT2D eigenvalue weighted by molar-refractivity contribution is 0.407. The number of aromatic nitrogens is 2. The number of nitrogens with two attached hydrogens (primary N) is 1. The molecule has 2 N–H and O–H groups in total. The third-order valence-electron chi connectivity index (χ3n) is 1.60. The van der Waals surface area contributed by atoms with Crippen molar-refractivity contribution in [3.8, 4) is 0 Å². The maximum atomic E-state index is 5.87. The van der Waals surface area contributed by atoms with Gasteiger partial charge in [0, 0.05) is 0 Å². The van der Waals surface area contributed by atoms with Crippen LogP contribution in [0.2, 0.25) is 0 Å². The normalized spacial score (nSPS) is 13.1. The number of hydrogen-bond donors (Lipinski definition) is 1. The van der Waals surface area contributed by atoms with Crippen molar-refractivity contribution in [1.29, 1.82) is 0 Å². The highest BCUT2D eigenvalue weighted by Gasteiger charge is 2.14. The Morgan fingerprint density at radius 2 is 2.46 bits per heavy atom. The molecule has 1 unspecified atom stereocenters. The van der Waals surface area contributed by atoms with Crippen LogP contribution in [0.5, 0.6) is 0 Å². The van der Waals surface area contributed by atoms with Crippen LogP contribution in [0.15, 0.2) is 26.1 Å². The quantitative estimate of drug-likeness (QED) is 0.896. The van der Waals surface area contributed by atoms with E-state index in [2.05, 4.69) is 30.6 Å². The molecule has 0 aliphatic heterocycles. The Balaban J connectivity index is 2.28. The largest absolute Gasteiger partial charge is 0.343 e. The van der Waals surface area contributed by atoms with E-state index in [1.807, 2.05) is 11.4 Å². The zero-order chi connectivity index (χ0) is 9.26. The first-order valence-corrected chi connectivity index (χ1v) is 5.20. The summed E-state index contributed by atoms with van der Waals surface area (Å²) in [5.74, 6) is 0.505. The molecule has 6 heteroatoms. The molecule has 1 atom stereocenters. The molecule has 0 fully saturated rings. The molecule has 2 rings (SSSR count). The molecule has 0 aromatic carbocycles. The first-order chi connectivity index (χ1) is 6.27. The first-order valence-electron chi connectivity index (χ1n) is 3.53. The molecule has 0 aliphatic carbocycles. The highest BCUT2D eigenvalue weighted by molar-refractivity contribution is 9.11. The zero-order valence-electron chi connectivity index (χ0n) is 6.48. The predicted octanol–water partition coefficient (Wildman–Crippen LogP) is 1.94. The van der Waals surface area contributed by atoms with Crippen molar-refractivity contribution < 1.29 is 4.52 Å². The van der Waals surface area contributed by atoms with E-state index >= 15 is 0 Å². The average molecular weight is 260 g/mol.